The molecule has 0 saturated carbocycles. The highest BCUT2D eigenvalue weighted by atomic mass is 127. The molecule has 3 rings (SSSR count). The van der Waals surface area contributed by atoms with E-state index < -0.39 is 0 Å². The lowest BCUT2D eigenvalue weighted by Gasteiger charge is -2.27. The Hall–Kier alpha value is -1.57. The Morgan fingerprint density at radius 3 is 2.57 bits per heavy atom. The smallest absolute Gasteiger partial charge is 0.191 e. The Kier molecular flexibility index (Phi) is 6.44. The monoisotopic (exact) mass is 425 g/mol. The van der Waals surface area contributed by atoms with Crippen LogP contribution in [0.3, 0.4) is 0 Å². The van der Waals surface area contributed by atoms with Crippen LogP contribution in [0.2, 0.25) is 0 Å². The molecule has 1 aromatic heterocycles. The summed E-state index contributed by atoms with van der Waals surface area (Å²) >= 11 is 0. The van der Waals surface area contributed by atoms with E-state index in [0.717, 1.165) is 29.9 Å². The van der Waals surface area contributed by atoms with Gasteiger partial charge < -0.3 is 10.6 Å². The van der Waals surface area contributed by atoms with E-state index in [1.165, 1.54) is 19.3 Å². The van der Waals surface area contributed by atoms with Gasteiger partial charge in [-0.25, -0.2) is 4.99 Å². The van der Waals surface area contributed by atoms with Crippen LogP contribution in [-0.4, -0.2) is 33.7 Å². The highest BCUT2D eigenvalue weighted by Crippen LogP contribution is 2.22. The predicted molar refractivity (Wildman–Crippen MR) is 105 cm³/mol. The molecule has 0 bridgehead atoms. The minimum atomic E-state index is 0. The molecule has 23 heavy (non-hydrogen) atoms. The molecule has 0 spiro atoms. The molecule has 2 aromatic rings. The molecule has 0 amide bonds. The summed E-state index contributed by atoms with van der Waals surface area (Å²) in [7, 11) is 1.94. The van der Waals surface area contributed by atoms with Crippen LogP contribution in [0, 0.1) is 0 Å². The Bertz CT molecular complexity index is 644. The normalized spacial score (nSPS) is 15.3. The number of likely N-dealkylation sites (tertiary alicyclic amines) is 1. The standard InChI is InChI=1S/C17H23N5.HI/c1-21-13-15(16(20-21)14-8-4-2-5-9-14)12-19-17(18)22-10-6-3-7-11-22;/h2,4-5,8-9,13H,3,6-7,10-12H2,1H3,(H2,18,19);1H. The van der Waals surface area contributed by atoms with Crippen LogP contribution in [0.5, 0.6) is 0 Å². The Morgan fingerprint density at radius 1 is 1.17 bits per heavy atom. The maximum Gasteiger partial charge on any atom is 0.191 e. The van der Waals surface area contributed by atoms with Crippen molar-refractivity contribution in [1.82, 2.24) is 14.7 Å². The van der Waals surface area contributed by atoms with Crippen LogP contribution >= 0.6 is 24.0 Å². The summed E-state index contributed by atoms with van der Waals surface area (Å²) in [5, 5.41) is 4.56. The van der Waals surface area contributed by atoms with E-state index in [2.05, 4.69) is 27.1 Å². The van der Waals surface area contributed by atoms with Gasteiger partial charge in [0.1, 0.15) is 0 Å². The SMILES string of the molecule is Cn1cc(CN=C(N)N2CCCCC2)c(-c2ccccc2)n1.I. The van der Waals surface area contributed by atoms with Gasteiger partial charge in [-0.1, -0.05) is 30.3 Å². The third kappa shape index (κ3) is 4.46. The fraction of sp³-hybridized carbons (Fsp3) is 0.412. The largest absolute Gasteiger partial charge is 0.370 e. The number of piperidine rings is 1. The molecule has 124 valence electrons. The quantitative estimate of drug-likeness (QED) is 0.467. The minimum Gasteiger partial charge on any atom is -0.370 e. The number of guanidine groups is 1. The maximum atomic E-state index is 6.14. The average molecular weight is 425 g/mol. The van der Waals surface area contributed by atoms with E-state index in [1.807, 2.05) is 36.1 Å². The zero-order valence-electron chi connectivity index (χ0n) is 13.5. The summed E-state index contributed by atoms with van der Waals surface area (Å²) in [6.07, 6.45) is 5.73. The number of hydrogen-bond acceptors (Lipinski definition) is 2. The first kappa shape index (κ1) is 17.8. The lowest BCUT2D eigenvalue weighted by Crippen LogP contribution is -2.40. The molecule has 1 saturated heterocycles. The van der Waals surface area contributed by atoms with Gasteiger partial charge in [0.2, 0.25) is 0 Å². The predicted octanol–water partition coefficient (Wildman–Crippen LogP) is 3.01. The molecular formula is C17H24IN5. The maximum absolute atomic E-state index is 6.14. The van der Waals surface area contributed by atoms with Crippen LogP contribution < -0.4 is 5.73 Å². The summed E-state index contributed by atoms with van der Waals surface area (Å²) in [6, 6.07) is 10.2. The second-order valence-corrected chi connectivity index (χ2v) is 5.76. The average Bonchev–Trinajstić information content (AvgIpc) is 2.95. The van der Waals surface area contributed by atoms with Gasteiger partial charge in [0.05, 0.1) is 12.2 Å². The van der Waals surface area contributed by atoms with Crippen LogP contribution in [-0.2, 0) is 13.6 Å². The fourth-order valence-electron chi connectivity index (χ4n) is 2.88. The summed E-state index contributed by atoms with van der Waals surface area (Å²) in [6.45, 7) is 2.61. The zero-order valence-corrected chi connectivity index (χ0v) is 15.8. The highest BCUT2D eigenvalue weighted by Gasteiger charge is 2.13. The molecule has 1 fully saturated rings. The summed E-state index contributed by atoms with van der Waals surface area (Å²) < 4.78 is 1.84. The van der Waals surface area contributed by atoms with Gasteiger partial charge in [0.25, 0.3) is 0 Å². The van der Waals surface area contributed by atoms with Gasteiger partial charge in [-0.05, 0) is 19.3 Å². The Balaban J connectivity index is 0.00000192. The molecule has 0 aliphatic carbocycles. The van der Waals surface area contributed by atoms with Crippen LogP contribution in [0.1, 0.15) is 24.8 Å². The summed E-state index contributed by atoms with van der Waals surface area (Å²) in [5.41, 5.74) is 9.35. The Labute approximate surface area is 154 Å². The second kappa shape index (κ2) is 8.33. The first-order chi connectivity index (χ1) is 10.7. The fourth-order valence-corrected chi connectivity index (χ4v) is 2.88. The first-order valence-electron chi connectivity index (χ1n) is 7.87. The number of aliphatic imine (C=N–C) groups is 1. The molecular weight excluding hydrogens is 401 g/mol. The molecule has 1 aliphatic heterocycles. The van der Waals surface area contributed by atoms with Crippen molar-refractivity contribution in [2.45, 2.75) is 25.8 Å². The van der Waals surface area contributed by atoms with Crippen molar-refractivity contribution < 1.29 is 0 Å². The van der Waals surface area contributed by atoms with Crippen LogP contribution in [0.15, 0.2) is 41.5 Å². The van der Waals surface area contributed by atoms with Crippen molar-refractivity contribution in [3.05, 3.63) is 42.1 Å². The number of nitrogens with two attached hydrogens (primary N) is 1. The molecule has 0 radical (unpaired) electrons. The van der Waals surface area contributed by atoms with Crippen molar-refractivity contribution in [2.75, 3.05) is 13.1 Å². The van der Waals surface area contributed by atoms with Crippen molar-refractivity contribution >= 4 is 29.9 Å². The van der Waals surface area contributed by atoms with Crippen molar-refractivity contribution in [3.63, 3.8) is 0 Å². The molecule has 2 heterocycles. The molecule has 1 aliphatic rings. The van der Waals surface area contributed by atoms with Gasteiger partial charge in [-0.3, -0.25) is 4.68 Å². The van der Waals surface area contributed by atoms with E-state index >= 15 is 0 Å². The molecule has 1 aromatic carbocycles. The summed E-state index contributed by atoms with van der Waals surface area (Å²) in [4.78, 5) is 6.77. The molecule has 2 N–H and O–H groups in total. The zero-order chi connectivity index (χ0) is 15.4. The Morgan fingerprint density at radius 2 is 1.87 bits per heavy atom. The van der Waals surface area contributed by atoms with Gasteiger partial charge in [0, 0.05) is 37.5 Å². The lowest BCUT2D eigenvalue weighted by molar-refractivity contribution is 0.338. The molecule has 0 unspecified atom stereocenters. The minimum absolute atomic E-state index is 0. The first-order valence-corrected chi connectivity index (χ1v) is 7.87. The number of benzene rings is 1. The third-order valence-corrected chi connectivity index (χ3v) is 4.04. The van der Waals surface area contributed by atoms with Crippen LogP contribution in [0.4, 0.5) is 0 Å². The van der Waals surface area contributed by atoms with Gasteiger partial charge in [-0.2, -0.15) is 5.10 Å². The molecule has 5 nitrogen and oxygen atoms in total. The molecule has 6 heteroatoms. The van der Waals surface area contributed by atoms with Gasteiger partial charge >= 0.3 is 0 Å². The number of aryl methyl sites for hydroxylation is 1. The van der Waals surface area contributed by atoms with Crippen molar-refractivity contribution in [3.8, 4) is 11.3 Å². The second-order valence-electron chi connectivity index (χ2n) is 5.76. The molecule has 0 atom stereocenters. The summed E-state index contributed by atoms with van der Waals surface area (Å²) in [5.74, 6) is 0.655. The number of rotatable bonds is 3. The van der Waals surface area contributed by atoms with Gasteiger partial charge in [-0.15, -0.1) is 24.0 Å². The number of halogens is 1. The lowest BCUT2D eigenvalue weighted by atomic mass is 10.1. The van der Waals surface area contributed by atoms with Crippen molar-refractivity contribution in [2.24, 2.45) is 17.8 Å². The van der Waals surface area contributed by atoms with Gasteiger partial charge in [0.15, 0.2) is 5.96 Å². The van der Waals surface area contributed by atoms with E-state index in [1.54, 1.807) is 0 Å². The number of aromatic nitrogens is 2. The number of nitrogens with zero attached hydrogens (tertiary/aromatic N) is 4. The highest BCUT2D eigenvalue weighted by molar-refractivity contribution is 14.0. The number of hydrogen-bond donors (Lipinski definition) is 1. The van der Waals surface area contributed by atoms with Crippen molar-refractivity contribution in [1.29, 1.82) is 0 Å². The van der Waals surface area contributed by atoms with E-state index in [-0.39, 0.29) is 24.0 Å². The van der Waals surface area contributed by atoms with Crippen LogP contribution in [0.25, 0.3) is 11.3 Å². The van der Waals surface area contributed by atoms with E-state index in [9.17, 15) is 0 Å². The topological polar surface area (TPSA) is 59.4 Å². The van der Waals surface area contributed by atoms with E-state index in [4.69, 9.17) is 5.73 Å². The van der Waals surface area contributed by atoms with E-state index in [0.29, 0.717) is 12.5 Å². The third-order valence-electron chi connectivity index (χ3n) is 4.04.